The third-order valence-electron chi connectivity index (χ3n) is 6.37. The minimum absolute atomic E-state index is 0.279. The quantitative estimate of drug-likeness (QED) is 0.712. The van der Waals surface area contributed by atoms with Gasteiger partial charge in [-0.2, -0.15) is 0 Å². The van der Waals surface area contributed by atoms with Gasteiger partial charge in [-0.05, 0) is 42.6 Å². The molecular weight excluding hydrogens is 362 g/mol. The van der Waals surface area contributed by atoms with Gasteiger partial charge in [0.25, 0.3) is 0 Å². The highest BCUT2D eigenvalue weighted by atomic mass is 16.3. The molecule has 3 N–H and O–H groups in total. The van der Waals surface area contributed by atoms with Gasteiger partial charge in [-0.3, -0.25) is 4.90 Å². The number of nitrogens with one attached hydrogen (secondary N) is 2. The molecule has 2 atom stereocenters. The van der Waals surface area contributed by atoms with Gasteiger partial charge >= 0.3 is 6.03 Å². The van der Waals surface area contributed by atoms with E-state index >= 15 is 0 Å². The molecule has 0 aliphatic heterocycles. The second-order valence-electron chi connectivity index (χ2n) is 8.41. The minimum Gasteiger partial charge on any atom is -0.390 e. The molecule has 1 fully saturated rings. The summed E-state index contributed by atoms with van der Waals surface area (Å²) in [6.45, 7) is 0.815. The van der Waals surface area contributed by atoms with E-state index in [0.29, 0.717) is 12.5 Å². The number of hydrogen-bond donors (Lipinski definition) is 3. The first-order valence-electron chi connectivity index (χ1n) is 10.7. The van der Waals surface area contributed by atoms with Crippen LogP contribution in [0, 0.1) is 0 Å². The number of hydrogen-bond acceptors (Lipinski definition) is 3. The lowest BCUT2D eigenvalue weighted by Crippen LogP contribution is -2.37. The number of benzene rings is 2. The van der Waals surface area contributed by atoms with E-state index in [9.17, 15) is 9.90 Å². The Kier molecular flexibility index (Phi) is 6.16. The third kappa shape index (κ3) is 4.62. The number of nitrogens with zero attached hydrogens (tertiary/aromatic N) is 1. The van der Waals surface area contributed by atoms with Crippen LogP contribution in [0.4, 0.5) is 10.5 Å². The lowest BCUT2D eigenvalue weighted by molar-refractivity contribution is 0.144. The van der Waals surface area contributed by atoms with Gasteiger partial charge in [0.1, 0.15) is 0 Å². The van der Waals surface area contributed by atoms with E-state index < -0.39 is 6.10 Å². The summed E-state index contributed by atoms with van der Waals surface area (Å²) in [6, 6.07) is 15.9. The lowest BCUT2D eigenvalue weighted by atomic mass is 9.94. The van der Waals surface area contributed by atoms with E-state index in [1.54, 1.807) is 0 Å². The van der Waals surface area contributed by atoms with Gasteiger partial charge in [0.15, 0.2) is 0 Å². The van der Waals surface area contributed by atoms with Gasteiger partial charge in [0.2, 0.25) is 0 Å². The van der Waals surface area contributed by atoms with Crippen molar-refractivity contribution in [2.75, 3.05) is 12.4 Å². The van der Waals surface area contributed by atoms with Crippen molar-refractivity contribution in [3.8, 4) is 0 Å². The molecule has 0 bridgehead atoms. The number of urea groups is 1. The van der Waals surface area contributed by atoms with Crippen LogP contribution in [0.25, 0.3) is 0 Å². The molecule has 0 spiro atoms. The van der Waals surface area contributed by atoms with Crippen LogP contribution in [-0.2, 0) is 13.0 Å². The van der Waals surface area contributed by atoms with Crippen LogP contribution in [0.1, 0.15) is 54.8 Å². The Morgan fingerprint density at radius 2 is 1.79 bits per heavy atom. The van der Waals surface area contributed by atoms with Gasteiger partial charge in [0, 0.05) is 24.7 Å². The molecule has 2 amide bonds. The summed E-state index contributed by atoms with van der Waals surface area (Å²) in [7, 11) is 2.18. The molecule has 5 heteroatoms. The number of aliphatic hydroxyl groups excluding tert-OH is 1. The van der Waals surface area contributed by atoms with Crippen LogP contribution in [0.15, 0.2) is 48.5 Å². The van der Waals surface area contributed by atoms with Gasteiger partial charge < -0.3 is 15.7 Å². The van der Waals surface area contributed by atoms with E-state index in [1.807, 2.05) is 42.5 Å². The van der Waals surface area contributed by atoms with Gasteiger partial charge in [-0.25, -0.2) is 4.79 Å². The molecule has 0 saturated heterocycles. The molecule has 29 heavy (non-hydrogen) atoms. The fraction of sp³-hybridized carbons (Fsp3) is 0.458. The maximum absolute atomic E-state index is 12.7. The van der Waals surface area contributed by atoms with Gasteiger partial charge in [-0.15, -0.1) is 0 Å². The number of carbonyl (C=O) groups excluding carboxylic acids is 1. The molecule has 0 heterocycles. The lowest BCUT2D eigenvalue weighted by Gasteiger charge is -2.31. The molecule has 1 saturated carbocycles. The van der Waals surface area contributed by atoms with Crippen LogP contribution >= 0.6 is 0 Å². The number of para-hydroxylation sites is 1. The Balaban J connectivity index is 1.41. The van der Waals surface area contributed by atoms with E-state index in [-0.39, 0.29) is 12.1 Å². The predicted octanol–water partition coefficient (Wildman–Crippen LogP) is 4.23. The smallest absolute Gasteiger partial charge is 0.319 e. The highest BCUT2D eigenvalue weighted by molar-refractivity contribution is 5.90. The van der Waals surface area contributed by atoms with Crippen molar-refractivity contribution in [3.05, 3.63) is 65.2 Å². The molecule has 0 radical (unpaired) electrons. The summed E-state index contributed by atoms with van der Waals surface area (Å²) < 4.78 is 0. The zero-order valence-corrected chi connectivity index (χ0v) is 17.1. The van der Waals surface area contributed by atoms with Crippen molar-refractivity contribution < 1.29 is 9.90 Å². The fourth-order valence-electron chi connectivity index (χ4n) is 4.75. The highest BCUT2D eigenvalue weighted by Crippen LogP contribution is 2.31. The summed E-state index contributed by atoms with van der Waals surface area (Å²) in [5.41, 5.74) is 4.04. The highest BCUT2D eigenvalue weighted by Gasteiger charge is 2.32. The average Bonchev–Trinajstić information content (AvgIpc) is 3.05. The van der Waals surface area contributed by atoms with Crippen molar-refractivity contribution in [2.45, 2.75) is 63.3 Å². The molecule has 2 aliphatic rings. The number of fused-ring (bicyclic) bond motifs is 1. The van der Waals surface area contributed by atoms with E-state index in [0.717, 1.165) is 28.9 Å². The molecule has 2 aromatic carbocycles. The summed E-state index contributed by atoms with van der Waals surface area (Å²) in [5, 5.41) is 16.4. The first-order chi connectivity index (χ1) is 14.1. The average molecular weight is 394 g/mol. The summed E-state index contributed by atoms with van der Waals surface area (Å²) >= 11 is 0. The van der Waals surface area contributed by atoms with Crippen LogP contribution in [-0.4, -0.2) is 35.2 Å². The molecule has 0 aromatic heterocycles. The third-order valence-corrected chi connectivity index (χ3v) is 6.37. The van der Waals surface area contributed by atoms with Crippen molar-refractivity contribution >= 4 is 11.7 Å². The Morgan fingerprint density at radius 1 is 1.07 bits per heavy atom. The van der Waals surface area contributed by atoms with E-state index in [1.165, 1.54) is 32.1 Å². The zero-order valence-electron chi connectivity index (χ0n) is 17.1. The molecule has 4 rings (SSSR count). The maximum atomic E-state index is 12.7. The van der Waals surface area contributed by atoms with Crippen molar-refractivity contribution in [1.82, 2.24) is 10.2 Å². The number of anilines is 1. The first kappa shape index (κ1) is 19.9. The van der Waals surface area contributed by atoms with Crippen molar-refractivity contribution in [3.63, 3.8) is 0 Å². The summed E-state index contributed by atoms with van der Waals surface area (Å²) in [6.07, 6.45) is 6.45. The van der Waals surface area contributed by atoms with E-state index in [4.69, 9.17) is 0 Å². The number of amides is 2. The van der Waals surface area contributed by atoms with Gasteiger partial charge in [0.05, 0.1) is 12.1 Å². The summed E-state index contributed by atoms with van der Waals surface area (Å²) in [5.74, 6) is 0. The zero-order chi connectivity index (χ0) is 20.2. The van der Waals surface area contributed by atoms with Crippen molar-refractivity contribution in [2.24, 2.45) is 0 Å². The SMILES string of the molecule is CN(Cc1ccccc1NC(=O)N[C@@H]1c2ccccc2C[C@@H]1O)C1CCCCC1. The monoisotopic (exact) mass is 393 g/mol. The maximum Gasteiger partial charge on any atom is 0.319 e. The summed E-state index contributed by atoms with van der Waals surface area (Å²) in [4.78, 5) is 15.1. The topological polar surface area (TPSA) is 64.6 Å². The molecule has 5 nitrogen and oxygen atoms in total. The minimum atomic E-state index is -0.592. The van der Waals surface area contributed by atoms with Crippen LogP contribution in [0.5, 0.6) is 0 Å². The first-order valence-corrected chi connectivity index (χ1v) is 10.7. The standard InChI is InChI=1S/C24H31N3O2/c1-27(19-11-3-2-4-12-19)16-18-10-6-8-14-21(18)25-24(29)26-23-20-13-7-5-9-17(20)15-22(23)28/h5-10,13-14,19,22-23,28H,2-4,11-12,15-16H2,1H3,(H2,25,26,29)/t22-,23+/m0/s1. The molecular formula is C24H31N3O2. The predicted molar refractivity (Wildman–Crippen MR) is 116 cm³/mol. The van der Waals surface area contributed by atoms with Crippen LogP contribution < -0.4 is 10.6 Å². The van der Waals surface area contributed by atoms with Crippen molar-refractivity contribution in [1.29, 1.82) is 0 Å². The van der Waals surface area contributed by atoms with E-state index in [2.05, 4.69) is 28.6 Å². The molecule has 2 aliphatic carbocycles. The largest absolute Gasteiger partial charge is 0.390 e. The second kappa shape index (κ2) is 8.97. The Labute approximate surface area is 173 Å². The second-order valence-corrected chi connectivity index (χ2v) is 8.41. The number of rotatable bonds is 5. The normalized spacial score (nSPS) is 21.8. The number of carbonyl (C=O) groups is 1. The Hall–Kier alpha value is -2.37. The Bertz CT molecular complexity index is 848. The molecule has 0 unspecified atom stereocenters. The van der Waals surface area contributed by atoms with Gasteiger partial charge in [-0.1, -0.05) is 61.7 Å². The van der Waals surface area contributed by atoms with Crippen LogP contribution in [0.2, 0.25) is 0 Å². The number of aliphatic hydroxyl groups is 1. The van der Waals surface area contributed by atoms with Crippen LogP contribution in [0.3, 0.4) is 0 Å². The fourth-order valence-corrected chi connectivity index (χ4v) is 4.75. The molecule has 154 valence electrons. The Morgan fingerprint density at radius 3 is 2.62 bits per heavy atom. The molecule has 2 aromatic rings.